The second kappa shape index (κ2) is 6.44. The quantitative estimate of drug-likeness (QED) is 0.875. The highest BCUT2D eigenvalue weighted by Gasteiger charge is 2.12. The summed E-state index contributed by atoms with van der Waals surface area (Å²) in [6.45, 7) is 9.81. The molecule has 1 aromatic carbocycles. The average molecular weight is 270 g/mol. The van der Waals surface area contributed by atoms with Gasteiger partial charge in [0.2, 0.25) is 0 Å². The van der Waals surface area contributed by atoms with E-state index in [-0.39, 0.29) is 5.54 Å². The van der Waals surface area contributed by atoms with Crippen molar-refractivity contribution in [3.8, 4) is 5.75 Å². The fourth-order valence-electron chi connectivity index (χ4n) is 1.79. The number of hydrogen-bond donors (Lipinski definition) is 1. The molecule has 0 aliphatic heterocycles. The Morgan fingerprint density at radius 3 is 2.56 bits per heavy atom. The third-order valence-corrected chi connectivity index (χ3v) is 3.09. The van der Waals surface area contributed by atoms with Gasteiger partial charge in [-0.05, 0) is 57.4 Å². The fraction of sp³-hybridized carbons (Fsp3) is 0.600. The number of halogens is 1. The van der Waals surface area contributed by atoms with Gasteiger partial charge in [-0.1, -0.05) is 24.6 Å². The van der Waals surface area contributed by atoms with Gasteiger partial charge in [-0.3, -0.25) is 0 Å². The summed E-state index contributed by atoms with van der Waals surface area (Å²) in [5.74, 6) is 1.33. The van der Waals surface area contributed by atoms with Crippen LogP contribution in [0, 0.1) is 5.92 Å². The van der Waals surface area contributed by atoms with E-state index >= 15 is 0 Å². The van der Waals surface area contributed by atoms with Gasteiger partial charge in [0.25, 0.3) is 0 Å². The topological polar surface area (TPSA) is 21.3 Å². The first-order valence-electron chi connectivity index (χ1n) is 6.39. The van der Waals surface area contributed by atoms with E-state index in [4.69, 9.17) is 16.3 Å². The molecular formula is C15H24ClNO. The number of nitrogens with one attached hydrogen (secondary N) is 1. The molecule has 3 heteroatoms. The first-order valence-corrected chi connectivity index (χ1v) is 6.77. The molecule has 102 valence electrons. The van der Waals surface area contributed by atoms with Crippen molar-refractivity contribution in [2.75, 3.05) is 13.7 Å². The third kappa shape index (κ3) is 5.28. The van der Waals surface area contributed by atoms with Gasteiger partial charge in [0.15, 0.2) is 0 Å². The molecule has 0 aromatic heterocycles. The number of methoxy groups -OCH3 is 1. The van der Waals surface area contributed by atoms with Crippen LogP contribution in [0.4, 0.5) is 0 Å². The molecule has 0 fully saturated rings. The number of rotatable bonds is 5. The number of ether oxygens (including phenoxy) is 1. The highest BCUT2D eigenvalue weighted by molar-refractivity contribution is 6.32. The van der Waals surface area contributed by atoms with Gasteiger partial charge >= 0.3 is 0 Å². The normalized spacial score (nSPS) is 13.4. The number of hydrogen-bond acceptors (Lipinski definition) is 2. The van der Waals surface area contributed by atoms with Crippen molar-refractivity contribution in [1.29, 1.82) is 0 Å². The van der Waals surface area contributed by atoms with Crippen molar-refractivity contribution in [2.24, 2.45) is 5.92 Å². The molecule has 1 rings (SSSR count). The molecule has 18 heavy (non-hydrogen) atoms. The largest absolute Gasteiger partial charge is 0.495 e. The molecule has 0 saturated heterocycles. The van der Waals surface area contributed by atoms with Crippen LogP contribution in [-0.4, -0.2) is 19.2 Å². The Kier molecular flexibility index (Phi) is 5.48. The van der Waals surface area contributed by atoms with Gasteiger partial charge in [0.05, 0.1) is 12.1 Å². The second-order valence-corrected chi connectivity index (χ2v) is 6.32. The predicted octanol–water partition coefficient (Wildman–Crippen LogP) is 3.92. The van der Waals surface area contributed by atoms with Crippen LogP contribution in [0.2, 0.25) is 5.02 Å². The smallest absolute Gasteiger partial charge is 0.137 e. The predicted molar refractivity (Wildman–Crippen MR) is 78.6 cm³/mol. The van der Waals surface area contributed by atoms with Gasteiger partial charge in [-0.15, -0.1) is 0 Å². The Morgan fingerprint density at radius 2 is 2.00 bits per heavy atom. The van der Waals surface area contributed by atoms with Crippen LogP contribution < -0.4 is 10.1 Å². The van der Waals surface area contributed by atoms with Crippen LogP contribution in [0.1, 0.15) is 33.3 Å². The summed E-state index contributed by atoms with van der Waals surface area (Å²) in [6.07, 6.45) is 1.02. The van der Waals surface area contributed by atoms with Crippen molar-refractivity contribution in [3.63, 3.8) is 0 Å². The second-order valence-electron chi connectivity index (χ2n) is 5.91. The van der Waals surface area contributed by atoms with Crippen LogP contribution in [0.5, 0.6) is 5.75 Å². The summed E-state index contributed by atoms with van der Waals surface area (Å²) < 4.78 is 5.23. The molecule has 1 N–H and O–H groups in total. The summed E-state index contributed by atoms with van der Waals surface area (Å²) >= 11 is 6.02. The molecule has 0 bridgehead atoms. The van der Waals surface area contributed by atoms with Gasteiger partial charge in [-0.2, -0.15) is 0 Å². The van der Waals surface area contributed by atoms with Gasteiger partial charge < -0.3 is 10.1 Å². The van der Waals surface area contributed by atoms with Crippen LogP contribution in [-0.2, 0) is 6.42 Å². The van der Waals surface area contributed by atoms with E-state index in [9.17, 15) is 0 Å². The summed E-state index contributed by atoms with van der Waals surface area (Å²) in [7, 11) is 1.65. The van der Waals surface area contributed by atoms with E-state index < -0.39 is 0 Å². The zero-order valence-electron chi connectivity index (χ0n) is 12.0. The van der Waals surface area contributed by atoms with Crippen molar-refractivity contribution in [2.45, 2.75) is 39.7 Å². The van der Waals surface area contributed by atoms with E-state index in [1.807, 2.05) is 12.1 Å². The standard InChI is InChI=1S/C15H24ClNO/c1-11(10-17-15(2,3)4)8-12-6-7-13(16)14(9-12)18-5/h6-7,9,11,17H,8,10H2,1-5H3. The lowest BCUT2D eigenvalue weighted by molar-refractivity contribution is 0.380. The van der Waals surface area contributed by atoms with Gasteiger partial charge in [-0.25, -0.2) is 0 Å². The summed E-state index contributed by atoms with van der Waals surface area (Å²) in [5.41, 5.74) is 1.44. The minimum absolute atomic E-state index is 0.173. The molecule has 0 heterocycles. The molecule has 0 saturated carbocycles. The maximum Gasteiger partial charge on any atom is 0.137 e. The third-order valence-electron chi connectivity index (χ3n) is 2.78. The van der Waals surface area contributed by atoms with Crippen molar-refractivity contribution in [1.82, 2.24) is 5.32 Å². The van der Waals surface area contributed by atoms with E-state index in [0.29, 0.717) is 10.9 Å². The van der Waals surface area contributed by atoms with Crippen LogP contribution in [0.3, 0.4) is 0 Å². The first-order chi connectivity index (χ1) is 8.31. The maximum absolute atomic E-state index is 6.02. The highest BCUT2D eigenvalue weighted by atomic mass is 35.5. The lowest BCUT2D eigenvalue weighted by Gasteiger charge is -2.23. The maximum atomic E-state index is 6.02. The number of benzene rings is 1. The molecular weight excluding hydrogens is 246 g/mol. The van der Waals surface area contributed by atoms with Crippen molar-refractivity contribution >= 4 is 11.6 Å². The zero-order valence-corrected chi connectivity index (χ0v) is 12.8. The lowest BCUT2D eigenvalue weighted by Crippen LogP contribution is -2.39. The highest BCUT2D eigenvalue weighted by Crippen LogP contribution is 2.26. The van der Waals surface area contributed by atoms with Crippen molar-refractivity contribution < 1.29 is 4.74 Å². The molecule has 0 aliphatic rings. The van der Waals surface area contributed by atoms with Crippen LogP contribution in [0.25, 0.3) is 0 Å². The summed E-state index contributed by atoms with van der Waals surface area (Å²) in [6, 6.07) is 5.99. The zero-order chi connectivity index (χ0) is 13.8. The first kappa shape index (κ1) is 15.3. The molecule has 0 amide bonds. The molecule has 0 radical (unpaired) electrons. The molecule has 1 atom stereocenters. The van der Waals surface area contributed by atoms with E-state index in [2.05, 4.69) is 39.1 Å². The summed E-state index contributed by atoms with van der Waals surface area (Å²) in [4.78, 5) is 0. The van der Waals surface area contributed by atoms with Crippen LogP contribution >= 0.6 is 11.6 Å². The Hall–Kier alpha value is -0.730. The molecule has 1 aromatic rings. The minimum Gasteiger partial charge on any atom is -0.495 e. The average Bonchev–Trinajstić information content (AvgIpc) is 2.28. The Bertz CT molecular complexity index is 385. The van der Waals surface area contributed by atoms with E-state index in [1.165, 1.54) is 5.56 Å². The van der Waals surface area contributed by atoms with Gasteiger partial charge in [0.1, 0.15) is 5.75 Å². The van der Waals surface area contributed by atoms with E-state index in [0.717, 1.165) is 18.7 Å². The van der Waals surface area contributed by atoms with Gasteiger partial charge in [0, 0.05) is 5.54 Å². The SMILES string of the molecule is COc1cc(CC(C)CNC(C)(C)C)ccc1Cl. The lowest BCUT2D eigenvalue weighted by atomic mass is 9.99. The fourth-order valence-corrected chi connectivity index (χ4v) is 1.98. The van der Waals surface area contributed by atoms with Crippen molar-refractivity contribution in [3.05, 3.63) is 28.8 Å². The molecule has 2 nitrogen and oxygen atoms in total. The summed E-state index contributed by atoms with van der Waals surface area (Å²) in [5, 5.41) is 4.19. The minimum atomic E-state index is 0.173. The molecule has 1 unspecified atom stereocenters. The molecule has 0 spiro atoms. The Labute approximate surface area is 116 Å². The molecule has 0 aliphatic carbocycles. The van der Waals surface area contributed by atoms with Crippen LogP contribution in [0.15, 0.2) is 18.2 Å². The Balaban J connectivity index is 2.56. The Morgan fingerprint density at radius 1 is 1.33 bits per heavy atom. The van der Waals surface area contributed by atoms with E-state index in [1.54, 1.807) is 7.11 Å². The monoisotopic (exact) mass is 269 g/mol.